The maximum Gasteiger partial charge on any atom is 0.257 e. The van der Waals surface area contributed by atoms with Crippen LogP contribution in [0.2, 0.25) is 0 Å². The molecular formula is C35H49N5O5S. The van der Waals surface area contributed by atoms with Crippen molar-refractivity contribution in [1.29, 1.82) is 0 Å². The minimum atomic E-state index is -3.74. The topological polar surface area (TPSA) is 104 Å². The Hall–Kier alpha value is -3.41. The summed E-state index contributed by atoms with van der Waals surface area (Å²) in [6, 6.07) is 11.5. The number of hydrogen-bond donors (Lipinski definition) is 1. The SMILES string of the molecule is CCCC1CC=C(S(=O)(=O)NCCC[C@H](c2ccc(OC)c(OC)c2)N2Cc3c(cccc3N3CCN(CC)CC3)C2=O)N=C1C. The predicted octanol–water partition coefficient (Wildman–Crippen LogP) is 5.36. The Bertz CT molecular complexity index is 1560. The summed E-state index contributed by atoms with van der Waals surface area (Å²) in [6.45, 7) is 11.9. The molecule has 3 heterocycles. The highest BCUT2D eigenvalue weighted by atomic mass is 32.2. The number of anilines is 1. The lowest BCUT2D eigenvalue weighted by atomic mass is 9.94. The van der Waals surface area contributed by atoms with Gasteiger partial charge in [-0.05, 0) is 75.1 Å². The van der Waals surface area contributed by atoms with Gasteiger partial charge in [0.2, 0.25) is 0 Å². The number of nitrogens with zero attached hydrogens (tertiary/aromatic N) is 4. The molecule has 0 bridgehead atoms. The van der Waals surface area contributed by atoms with Crippen LogP contribution in [0, 0.1) is 5.92 Å². The van der Waals surface area contributed by atoms with Crippen molar-refractivity contribution in [2.45, 2.75) is 65.5 Å². The molecule has 3 aliphatic heterocycles. The third kappa shape index (κ3) is 7.26. The Labute approximate surface area is 274 Å². The number of methoxy groups -OCH3 is 2. The Morgan fingerprint density at radius 3 is 2.48 bits per heavy atom. The van der Waals surface area contributed by atoms with Crippen LogP contribution in [-0.2, 0) is 16.6 Å². The molecule has 0 spiro atoms. The fourth-order valence-electron chi connectivity index (χ4n) is 6.90. The first kappa shape index (κ1) is 33.9. The van der Waals surface area contributed by atoms with Gasteiger partial charge in [-0.25, -0.2) is 18.1 Å². The van der Waals surface area contributed by atoms with Crippen LogP contribution in [0.1, 0.15) is 80.4 Å². The van der Waals surface area contributed by atoms with Crippen molar-refractivity contribution in [2.24, 2.45) is 10.9 Å². The van der Waals surface area contributed by atoms with Crippen molar-refractivity contribution < 1.29 is 22.7 Å². The lowest BCUT2D eigenvalue weighted by molar-refractivity contribution is 0.0689. The second-order valence-corrected chi connectivity index (χ2v) is 14.1. The van der Waals surface area contributed by atoms with Crippen LogP contribution in [0.15, 0.2) is 52.5 Å². The molecule has 5 rings (SSSR count). The zero-order chi connectivity index (χ0) is 32.8. The van der Waals surface area contributed by atoms with Crippen molar-refractivity contribution in [3.05, 3.63) is 64.2 Å². The summed E-state index contributed by atoms with van der Waals surface area (Å²) in [5, 5.41) is 0.103. The molecule has 10 nitrogen and oxygen atoms in total. The summed E-state index contributed by atoms with van der Waals surface area (Å²) in [7, 11) is -0.540. The van der Waals surface area contributed by atoms with E-state index in [2.05, 4.69) is 39.4 Å². The minimum Gasteiger partial charge on any atom is -0.493 e. The van der Waals surface area contributed by atoms with Gasteiger partial charge in [0, 0.05) is 67.7 Å². The van der Waals surface area contributed by atoms with E-state index >= 15 is 0 Å². The molecule has 0 radical (unpaired) electrons. The predicted molar refractivity (Wildman–Crippen MR) is 183 cm³/mol. The molecule has 1 fully saturated rings. The first-order chi connectivity index (χ1) is 22.2. The zero-order valence-corrected chi connectivity index (χ0v) is 28.7. The van der Waals surface area contributed by atoms with Gasteiger partial charge in [0.05, 0.1) is 20.3 Å². The summed E-state index contributed by atoms with van der Waals surface area (Å²) in [4.78, 5) is 25.3. The van der Waals surface area contributed by atoms with Crippen LogP contribution in [0.5, 0.6) is 11.5 Å². The summed E-state index contributed by atoms with van der Waals surface area (Å²) >= 11 is 0. The number of fused-ring (bicyclic) bond motifs is 1. The normalized spacial score (nSPS) is 19.5. The second kappa shape index (κ2) is 15.0. The smallest absolute Gasteiger partial charge is 0.257 e. The molecule has 0 aliphatic carbocycles. The molecule has 1 saturated heterocycles. The lowest BCUT2D eigenvalue weighted by Gasteiger charge is -2.36. The third-order valence-corrected chi connectivity index (χ3v) is 11.0. The van der Waals surface area contributed by atoms with Crippen molar-refractivity contribution in [3.63, 3.8) is 0 Å². The number of aliphatic imine (C=N–C) groups is 1. The number of carbonyl (C=O) groups is 1. The van der Waals surface area contributed by atoms with E-state index < -0.39 is 10.0 Å². The Morgan fingerprint density at radius 1 is 1.04 bits per heavy atom. The summed E-state index contributed by atoms with van der Waals surface area (Å²) in [6.07, 6.45) is 5.55. The number of ether oxygens (including phenoxy) is 2. The Balaban J connectivity index is 1.34. The van der Waals surface area contributed by atoms with Crippen molar-refractivity contribution in [2.75, 3.05) is 58.4 Å². The number of allylic oxidation sites excluding steroid dienone is 1. The number of nitrogens with one attached hydrogen (secondary N) is 1. The van der Waals surface area contributed by atoms with Gasteiger partial charge in [0.25, 0.3) is 15.9 Å². The second-order valence-electron chi connectivity index (χ2n) is 12.3. The molecule has 2 aromatic rings. The lowest BCUT2D eigenvalue weighted by Crippen LogP contribution is -2.46. The zero-order valence-electron chi connectivity index (χ0n) is 27.9. The van der Waals surface area contributed by atoms with Gasteiger partial charge < -0.3 is 24.2 Å². The van der Waals surface area contributed by atoms with Crippen molar-refractivity contribution in [1.82, 2.24) is 14.5 Å². The average molecular weight is 652 g/mol. The number of sulfonamides is 1. The molecule has 11 heteroatoms. The highest BCUT2D eigenvalue weighted by Crippen LogP contribution is 2.40. The number of carbonyl (C=O) groups excluding carboxylic acids is 1. The number of benzene rings is 2. The van der Waals surface area contributed by atoms with E-state index in [4.69, 9.17) is 9.47 Å². The van der Waals surface area contributed by atoms with E-state index in [-0.39, 0.29) is 23.5 Å². The van der Waals surface area contributed by atoms with Crippen LogP contribution in [0.4, 0.5) is 5.69 Å². The first-order valence-corrected chi connectivity index (χ1v) is 18.1. The molecule has 3 aliphatic rings. The fourth-order valence-corrected chi connectivity index (χ4v) is 8.04. The number of likely N-dealkylation sites (N-methyl/N-ethyl adjacent to an activating group) is 1. The molecule has 2 aromatic carbocycles. The monoisotopic (exact) mass is 651 g/mol. The van der Waals surface area contributed by atoms with E-state index in [1.165, 1.54) is 0 Å². The first-order valence-electron chi connectivity index (χ1n) is 16.6. The standard InChI is InChI=1S/C35H49N5O5S/c1-6-10-26-15-17-34(37-25(26)3)46(42,43)36-18-9-13-30(27-14-16-32(44-4)33(23-27)45-5)40-24-29-28(35(40)41)11-8-12-31(29)39-21-19-38(7-2)20-22-39/h8,11-12,14,16-17,23,26,30,36H,6-7,9-10,13,15,18-22,24H2,1-5H3/t26?,30-/m1/s1. The molecule has 1 amide bonds. The highest BCUT2D eigenvalue weighted by molar-refractivity contribution is 7.93. The van der Waals surface area contributed by atoms with E-state index in [9.17, 15) is 13.2 Å². The van der Waals surface area contributed by atoms with E-state index in [0.717, 1.165) is 73.7 Å². The number of hydrogen-bond acceptors (Lipinski definition) is 8. The molecule has 0 saturated carbocycles. The Morgan fingerprint density at radius 2 is 1.80 bits per heavy atom. The van der Waals surface area contributed by atoms with Crippen LogP contribution >= 0.6 is 0 Å². The third-order valence-electron chi connectivity index (χ3n) is 9.61. The van der Waals surface area contributed by atoms with Crippen LogP contribution in [-0.4, -0.2) is 83.3 Å². The van der Waals surface area contributed by atoms with Gasteiger partial charge in [-0.2, -0.15) is 0 Å². The fraction of sp³-hybridized carbons (Fsp3) is 0.543. The summed E-state index contributed by atoms with van der Waals surface area (Å²) < 4.78 is 40.2. The average Bonchev–Trinajstić information content (AvgIpc) is 3.41. The van der Waals surface area contributed by atoms with Gasteiger partial charge in [0.15, 0.2) is 16.5 Å². The van der Waals surface area contributed by atoms with Gasteiger partial charge >= 0.3 is 0 Å². The van der Waals surface area contributed by atoms with Crippen LogP contribution < -0.4 is 19.1 Å². The summed E-state index contributed by atoms with van der Waals surface area (Å²) in [5.41, 5.74) is 4.71. The number of amides is 1. The number of rotatable bonds is 14. The summed E-state index contributed by atoms with van der Waals surface area (Å²) in [5.74, 6) is 1.49. The highest BCUT2D eigenvalue weighted by Gasteiger charge is 2.36. The molecule has 2 atom stereocenters. The largest absolute Gasteiger partial charge is 0.493 e. The molecular weight excluding hydrogens is 602 g/mol. The molecule has 46 heavy (non-hydrogen) atoms. The van der Waals surface area contributed by atoms with Crippen LogP contribution in [0.25, 0.3) is 0 Å². The maximum absolute atomic E-state index is 14.0. The van der Waals surface area contributed by atoms with E-state index in [1.807, 2.05) is 42.2 Å². The molecule has 1 unspecified atom stereocenters. The van der Waals surface area contributed by atoms with Gasteiger partial charge in [-0.15, -0.1) is 0 Å². The molecule has 0 aromatic heterocycles. The molecule has 1 N–H and O–H groups in total. The van der Waals surface area contributed by atoms with Crippen molar-refractivity contribution >= 4 is 27.3 Å². The van der Waals surface area contributed by atoms with Gasteiger partial charge in [-0.3, -0.25) is 4.79 Å². The number of piperazine rings is 1. The van der Waals surface area contributed by atoms with Gasteiger partial charge in [0.1, 0.15) is 0 Å². The van der Waals surface area contributed by atoms with Gasteiger partial charge in [-0.1, -0.05) is 32.4 Å². The Kier molecular flexibility index (Phi) is 11.1. The maximum atomic E-state index is 14.0. The van der Waals surface area contributed by atoms with Crippen molar-refractivity contribution in [3.8, 4) is 11.5 Å². The van der Waals surface area contributed by atoms with Crippen LogP contribution in [0.3, 0.4) is 0 Å². The van der Waals surface area contributed by atoms with E-state index in [1.54, 1.807) is 20.3 Å². The minimum absolute atomic E-state index is 0.0109. The quantitative estimate of drug-likeness (QED) is 0.274. The molecule has 250 valence electrons. The van der Waals surface area contributed by atoms with E-state index in [0.29, 0.717) is 43.2 Å².